The summed E-state index contributed by atoms with van der Waals surface area (Å²) in [5, 5.41) is 10.5. The fraction of sp³-hybridized carbons (Fsp3) is 0.429. The van der Waals surface area contributed by atoms with Crippen molar-refractivity contribution >= 4 is 15.7 Å². The van der Waals surface area contributed by atoms with Crippen LogP contribution in [0.5, 0.6) is 0 Å². The maximum Gasteiger partial charge on any atom is 0.272 e. The topological polar surface area (TPSA) is 98.0 Å². The van der Waals surface area contributed by atoms with Gasteiger partial charge in [0.2, 0.25) is 15.7 Å². The third kappa shape index (κ3) is 3.39. The van der Waals surface area contributed by atoms with Gasteiger partial charge in [-0.25, -0.2) is 8.42 Å². The molecule has 0 N–H and O–H groups in total. The highest BCUT2D eigenvalue weighted by atomic mass is 32.2. The number of hydrogen-bond donors (Lipinski definition) is 0. The van der Waals surface area contributed by atoms with Gasteiger partial charge in [0.05, 0.1) is 5.69 Å². The van der Waals surface area contributed by atoms with Crippen molar-refractivity contribution in [1.29, 1.82) is 0 Å². The third-order valence-corrected chi connectivity index (χ3v) is 5.18. The molecule has 23 heavy (non-hydrogen) atoms. The van der Waals surface area contributed by atoms with E-state index in [1.165, 1.54) is 0 Å². The van der Waals surface area contributed by atoms with Crippen molar-refractivity contribution in [3.05, 3.63) is 30.3 Å². The lowest BCUT2D eigenvalue weighted by atomic mass is 10.1. The Morgan fingerprint density at radius 1 is 1.09 bits per heavy atom. The van der Waals surface area contributed by atoms with Gasteiger partial charge in [0.25, 0.3) is 5.16 Å². The van der Waals surface area contributed by atoms with Gasteiger partial charge in [0.15, 0.2) is 0 Å². The van der Waals surface area contributed by atoms with E-state index in [0.717, 1.165) is 23.9 Å². The number of carbonyl (C=O) groups is 1. The molecule has 1 fully saturated rings. The summed E-state index contributed by atoms with van der Waals surface area (Å²) < 4.78 is 26.2. The molecule has 8 nitrogen and oxygen atoms in total. The molecule has 9 heteroatoms. The fourth-order valence-electron chi connectivity index (χ4n) is 2.57. The number of sulfone groups is 1. The van der Waals surface area contributed by atoms with Gasteiger partial charge in [-0.3, -0.25) is 4.79 Å². The summed E-state index contributed by atoms with van der Waals surface area (Å²) >= 11 is 0. The van der Waals surface area contributed by atoms with E-state index in [1.54, 1.807) is 29.2 Å². The number of likely N-dealkylation sites (tertiary alicyclic amines) is 1. The smallest absolute Gasteiger partial charge is 0.272 e. The molecule has 0 bridgehead atoms. The van der Waals surface area contributed by atoms with E-state index in [4.69, 9.17) is 0 Å². The zero-order valence-electron chi connectivity index (χ0n) is 12.5. The van der Waals surface area contributed by atoms with Crippen molar-refractivity contribution in [3.8, 4) is 5.69 Å². The summed E-state index contributed by atoms with van der Waals surface area (Å²) in [5.41, 5.74) is 0.529. The van der Waals surface area contributed by atoms with Crippen LogP contribution in [0.15, 0.2) is 35.5 Å². The predicted octanol–water partition coefficient (Wildman–Crippen LogP) is 0.448. The fourth-order valence-corrected chi connectivity index (χ4v) is 3.77. The number of nitrogens with zero attached hydrogens (tertiary/aromatic N) is 5. The number of amides is 1. The molecule has 1 amide bonds. The molecule has 0 radical (unpaired) electrons. The predicted molar refractivity (Wildman–Crippen MR) is 81.6 cm³/mol. The Morgan fingerprint density at radius 3 is 2.48 bits per heavy atom. The van der Waals surface area contributed by atoms with Crippen molar-refractivity contribution in [2.24, 2.45) is 0 Å². The molecule has 1 aliphatic heterocycles. The normalized spacial score (nSPS) is 15.6. The quantitative estimate of drug-likeness (QED) is 0.804. The molecule has 2 aromatic rings. The molecule has 0 aliphatic carbocycles. The van der Waals surface area contributed by atoms with Crippen LogP contribution in [0.3, 0.4) is 0 Å². The molecular formula is C14H17N5O3S. The number of hydrogen-bond acceptors (Lipinski definition) is 6. The van der Waals surface area contributed by atoms with Gasteiger partial charge in [-0.1, -0.05) is 23.3 Å². The van der Waals surface area contributed by atoms with Gasteiger partial charge in [-0.15, -0.1) is 0 Å². The average molecular weight is 335 g/mol. The van der Waals surface area contributed by atoms with Crippen LogP contribution in [0.1, 0.15) is 19.3 Å². The van der Waals surface area contributed by atoms with Crippen LogP contribution in [0.25, 0.3) is 5.69 Å². The molecule has 0 unspecified atom stereocenters. The van der Waals surface area contributed by atoms with E-state index in [9.17, 15) is 13.2 Å². The van der Waals surface area contributed by atoms with Gasteiger partial charge < -0.3 is 4.90 Å². The number of benzene rings is 1. The van der Waals surface area contributed by atoms with Crippen LogP contribution in [0.2, 0.25) is 0 Å². The van der Waals surface area contributed by atoms with Crippen molar-refractivity contribution < 1.29 is 13.2 Å². The van der Waals surface area contributed by atoms with Gasteiger partial charge >= 0.3 is 0 Å². The first kappa shape index (κ1) is 15.6. The third-order valence-electron chi connectivity index (χ3n) is 3.74. The highest BCUT2D eigenvalue weighted by molar-refractivity contribution is 7.91. The van der Waals surface area contributed by atoms with Gasteiger partial charge in [-0.05, 0) is 41.8 Å². The Morgan fingerprint density at radius 2 is 1.78 bits per heavy atom. The SMILES string of the molecule is O=C(CS(=O)(=O)c1nnnn1-c1ccccc1)N1CCCCC1. The molecule has 1 aromatic heterocycles. The number of aromatic nitrogens is 4. The van der Waals surface area contributed by atoms with Crippen LogP contribution < -0.4 is 0 Å². The number of para-hydroxylation sites is 1. The Hall–Kier alpha value is -2.29. The van der Waals surface area contributed by atoms with Crippen LogP contribution in [-0.2, 0) is 14.6 Å². The number of carbonyl (C=O) groups excluding carboxylic acids is 1. The molecule has 0 spiro atoms. The molecule has 1 aromatic carbocycles. The van der Waals surface area contributed by atoms with Crippen molar-refractivity contribution in [2.45, 2.75) is 24.4 Å². The molecule has 122 valence electrons. The minimum Gasteiger partial charge on any atom is -0.342 e. The zero-order chi connectivity index (χ0) is 16.3. The first-order valence-corrected chi connectivity index (χ1v) is 9.07. The van der Waals surface area contributed by atoms with E-state index in [-0.39, 0.29) is 5.16 Å². The molecule has 2 heterocycles. The van der Waals surface area contributed by atoms with E-state index in [1.807, 2.05) is 6.07 Å². The molecule has 3 rings (SSSR count). The summed E-state index contributed by atoms with van der Waals surface area (Å²) in [7, 11) is -3.91. The van der Waals surface area contributed by atoms with Gasteiger partial charge in [0, 0.05) is 13.1 Å². The number of piperidine rings is 1. The lowest BCUT2D eigenvalue weighted by Crippen LogP contribution is -2.39. The number of rotatable bonds is 4. The Balaban J connectivity index is 1.83. The first-order chi connectivity index (χ1) is 11.1. The van der Waals surface area contributed by atoms with Crippen LogP contribution in [0, 0.1) is 0 Å². The van der Waals surface area contributed by atoms with Crippen LogP contribution >= 0.6 is 0 Å². The van der Waals surface area contributed by atoms with Gasteiger partial charge in [0.1, 0.15) is 5.75 Å². The summed E-state index contributed by atoms with van der Waals surface area (Å²) in [4.78, 5) is 13.8. The molecule has 1 saturated heterocycles. The second-order valence-electron chi connectivity index (χ2n) is 5.41. The lowest BCUT2D eigenvalue weighted by Gasteiger charge is -2.26. The largest absolute Gasteiger partial charge is 0.342 e. The Bertz CT molecular complexity index is 782. The maximum atomic E-state index is 12.5. The van der Waals surface area contributed by atoms with E-state index < -0.39 is 21.5 Å². The molecular weight excluding hydrogens is 318 g/mol. The highest BCUT2D eigenvalue weighted by Gasteiger charge is 2.29. The summed E-state index contributed by atoms with van der Waals surface area (Å²) in [6.45, 7) is 1.22. The second kappa shape index (κ2) is 6.45. The standard InChI is InChI=1S/C14H17N5O3S/c20-13(18-9-5-2-6-10-18)11-23(21,22)14-15-16-17-19(14)12-7-3-1-4-8-12/h1,3-4,7-8H,2,5-6,9-11H2. The van der Waals surface area contributed by atoms with E-state index in [2.05, 4.69) is 15.5 Å². The van der Waals surface area contributed by atoms with Crippen molar-refractivity contribution in [3.63, 3.8) is 0 Å². The lowest BCUT2D eigenvalue weighted by molar-refractivity contribution is -0.129. The maximum absolute atomic E-state index is 12.5. The Kier molecular flexibility index (Phi) is 4.37. The van der Waals surface area contributed by atoms with Crippen LogP contribution in [-0.4, -0.2) is 58.3 Å². The minimum absolute atomic E-state index is 0.311. The van der Waals surface area contributed by atoms with Gasteiger partial charge in [-0.2, -0.15) is 4.68 Å². The highest BCUT2D eigenvalue weighted by Crippen LogP contribution is 2.15. The monoisotopic (exact) mass is 335 g/mol. The summed E-state index contributed by atoms with van der Waals surface area (Å²) in [5.74, 6) is -1.01. The van der Waals surface area contributed by atoms with E-state index >= 15 is 0 Å². The van der Waals surface area contributed by atoms with E-state index in [0.29, 0.717) is 18.8 Å². The molecule has 0 atom stereocenters. The molecule has 0 saturated carbocycles. The first-order valence-electron chi connectivity index (χ1n) is 7.42. The minimum atomic E-state index is -3.91. The number of tetrazole rings is 1. The van der Waals surface area contributed by atoms with Crippen molar-refractivity contribution in [1.82, 2.24) is 25.1 Å². The molecule has 1 aliphatic rings. The zero-order valence-corrected chi connectivity index (χ0v) is 13.3. The van der Waals surface area contributed by atoms with Crippen molar-refractivity contribution in [2.75, 3.05) is 18.8 Å². The van der Waals surface area contributed by atoms with Crippen LogP contribution in [0.4, 0.5) is 0 Å². The Labute approximate surface area is 134 Å². The average Bonchev–Trinajstić information content (AvgIpc) is 3.07. The second-order valence-corrected chi connectivity index (χ2v) is 7.29. The summed E-state index contributed by atoms with van der Waals surface area (Å²) in [6.07, 6.45) is 2.89. The summed E-state index contributed by atoms with van der Waals surface area (Å²) in [6, 6.07) is 8.71.